The Morgan fingerprint density at radius 2 is 1.97 bits per heavy atom. The molecule has 7 rings (SSSR count). The second-order valence-corrected chi connectivity index (χ2v) is 10.4. The van der Waals surface area contributed by atoms with E-state index in [-0.39, 0.29) is 35.3 Å². The summed E-state index contributed by atoms with van der Waals surface area (Å²) >= 11 is 0. The lowest BCUT2D eigenvalue weighted by Gasteiger charge is -2.56. The van der Waals surface area contributed by atoms with E-state index < -0.39 is 11.7 Å². The van der Waals surface area contributed by atoms with Crippen LogP contribution in [-0.4, -0.2) is 54.5 Å². The zero-order valence-corrected chi connectivity index (χ0v) is 18.1. The van der Waals surface area contributed by atoms with Gasteiger partial charge in [-0.1, -0.05) is 48.5 Å². The lowest BCUT2D eigenvalue weighted by molar-refractivity contribution is -0.255. The molecular weight excluding hydrogens is 404 g/mol. The highest BCUT2D eigenvalue weighted by Crippen LogP contribution is 2.73. The Labute approximate surface area is 187 Å². The van der Waals surface area contributed by atoms with E-state index in [4.69, 9.17) is 9.47 Å². The average molecular weight is 433 g/mol. The van der Waals surface area contributed by atoms with Crippen molar-refractivity contribution >= 4 is 11.6 Å². The predicted octanol–water partition coefficient (Wildman–Crippen LogP) is 2.38. The number of hydrogen-bond acceptors (Lipinski definition) is 5. The van der Waals surface area contributed by atoms with Gasteiger partial charge in [0, 0.05) is 35.5 Å². The summed E-state index contributed by atoms with van der Waals surface area (Å²) in [5.74, 6) is 0.375. The van der Waals surface area contributed by atoms with Gasteiger partial charge in [-0.2, -0.15) is 0 Å². The summed E-state index contributed by atoms with van der Waals surface area (Å²) in [5.41, 5.74) is 2.09. The summed E-state index contributed by atoms with van der Waals surface area (Å²) in [6.07, 6.45) is -0.366. The van der Waals surface area contributed by atoms with Crippen LogP contribution in [0.15, 0.2) is 54.6 Å². The predicted molar refractivity (Wildman–Crippen MR) is 118 cm³/mol. The topological polar surface area (TPSA) is 71.0 Å². The van der Waals surface area contributed by atoms with Crippen molar-refractivity contribution in [2.24, 2.45) is 23.2 Å². The molecule has 0 radical (unpaired) electrons. The van der Waals surface area contributed by atoms with Gasteiger partial charge in [-0.3, -0.25) is 4.79 Å². The minimum atomic E-state index is -0.843. The van der Waals surface area contributed by atoms with Gasteiger partial charge in [0.2, 0.25) is 5.91 Å². The molecule has 1 unspecified atom stereocenters. The highest BCUT2D eigenvalue weighted by Gasteiger charge is 2.82. The number of carbonyl (C=O) groups is 1. The van der Waals surface area contributed by atoms with Crippen molar-refractivity contribution in [1.82, 2.24) is 4.90 Å². The zero-order valence-electron chi connectivity index (χ0n) is 18.1. The van der Waals surface area contributed by atoms with E-state index in [1.165, 1.54) is 0 Å². The number of nitrogens with one attached hydrogen (secondary N) is 1. The third-order valence-corrected chi connectivity index (χ3v) is 9.19. The van der Waals surface area contributed by atoms with E-state index in [0.29, 0.717) is 19.1 Å². The average Bonchev–Trinajstić information content (AvgIpc) is 3.28. The second-order valence-electron chi connectivity index (χ2n) is 10.4. The number of carbonyl (C=O) groups excluding carboxylic acids is 1. The largest absolute Gasteiger partial charge is 0.376 e. The molecule has 2 aromatic rings. The number of benzene rings is 2. The summed E-state index contributed by atoms with van der Waals surface area (Å²) in [6.45, 7) is 2.03. The summed E-state index contributed by atoms with van der Waals surface area (Å²) in [5, 5.41) is 14.3. The highest BCUT2D eigenvalue weighted by atomic mass is 16.6. The molecule has 2 saturated heterocycles. The Morgan fingerprint density at radius 3 is 2.81 bits per heavy atom. The zero-order chi connectivity index (χ0) is 21.7. The van der Waals surface area contributed by atoms with Gasteiger partial charge in [-0.25, -0.2) is 0 Å². The molecule has 1 spiro atoms. The van der Waals surface area contributed by atoms with E-state index >= 15 is 0 Å². The van der Waals surface area contributed by atoms with Crippen LogP contribution in [0.4, 0.5) is 5.69 Å². The van der Waals surface area contributed by atoms with E-state index in [1.54, 1.807) is 0 Å². The molecular formula is C26H28N2O4. The van der Waals surface area contributed by atoms with Gasteiger partial charge >= 0.3 is 0 Å². The first-order valence-electron chi connectivity index (χ1n) is 11.6. The summed E-state index contributed by atoms with van der Waals surface area (Å²) in [6, 6.07) is 18.4. The van der Waals surface area contributed by atoms with Crippen molar-refractivity contribution in [1.29, 1.82) is 0 Å². The maximum absolute atomic E-state index is 13.8. The Balaban J connectivity index is 1.35. The smallest absolute Gasteiger partial charge is 0.238 e. The number of para-hydroxylation sites is 1. The summed E-state index contributed by atoms with van der Waals surface area (Å²) < 4.78 is 12.6. The van der Waals surface area contributed by atoms with Gasteiger partial charge in [-0.15, -0.1) is 0 Å². The van der Waals surface area contributed by atoms with Crippen LogP contribution in [0, 0.1) is 23.2 Å². The van der Waals surface area contributed by atoms with Crippen LogP contribution in [0.2, 0.25) is 0 Å². The highest BCUT2D eigenvalue weighted by molar-refractivity contribution is 6.07. The van der Waals surface area contributed by atoms with Crippen LogP contribution >= 0.6 is 0 Å². The fourth-order valence-electron chi connectivity index (χ4n) is 8.37. The maximum atomic E-state index is 13.8. The van der Waals surface area contributed by atoms with Gasteiger partial charge < -0.3 is 24.8 Å². The summed E-state index contributed by atoms with van der Waals surface area (Å²) in [4.78, 5) is 16.2. The number of aliphatic hydroxyl groups is 1. The minimum absolute atomic E-state index is 0.00950. The lowest BCUT2D eigenvalue weighted by atomic mass is 9.51. The molecule has 5 aliphatic rings. The second kappa shape index (κ2) is 6.41. The number of nitrogens with zero attached hydrogens (tertiary/aromatic N) is 1. The molecule has 2 aliphatic carbocycles. The van der Waals surface area contributed by atoms with Crippen molar-refractivity contribution in [3.63, 3.8) is 0 Å². The molecule has 166 valence electrons. The molecule has 8 atom stereocenters. The number of fused-ring (bicyclic) bond motifs is 5. The SMILES string of the molecule is CN1C[C@]2(COCc3ccccc3)[C@@H]3C[C@H]4OC(O)[C@@H]3[C@@H]1[C@@H]2[C@@]41C(=O)Nc2ccccc21. The van der Waals surface area contributed by atoms with Crippen LogP contribution < -0.4 is 5.32 Å². The Morgan fingerprint density at radius 1 is 1.19 bits per heavy atom. The van der Waals surface area contributed by atoms with E-state index in [9.17, 15) is 9.90 Å². The van der Waals surface area contributed by atoms with Crippen LogP contribution in [0.1, 0.15) is 17.5 Å². The monoisotopic (exact) mass is 432 g/mol. The molecule has 1 amide bonds. The first-order valence-corrected chi connectivity index (χ1v) is 11.6. The molecule has 2 aromatic carbocycles. The number of rotatable bonds is 4. The number of aliphatic hydroxyl groups excluding tert-OH is 1. The van der Waals surface area contributed by atoms with Crippen LogP contribution in [0.3, 0.4) is 0 Å². The third kappa shape index (κ3) is 2.12. The number of ether oxygens (including phenoxy) is 2. The summed E-state index contributed by atoms with van der Waals surface area (Å²) in [7, 11) is 2.13. The van der Waals surface area contributed by atoms with Gasteiger partial charge in [0.1, 0.15) is 5.41 Å². The molecule has 4 fully saturated rings. The molecule has 3 aliphatic heterocycles. The quantitative estimate of drug-likeness (QED) is 0.776. The Bertz CT molecular complexity index is 1090. The van der Waals surface area contributed by atoms with Crippen LogP contribution in [0.5, 0.6) is 0 Å². The normalized spacial score (nSPS) is 43.1. The fraction of sp³-hybridized carbons (Fsp3) is 0.500. The fourth-order valence-corrected chi connectivity index (χ4v) is 8.37. The molecule has 5 bridgehead atoms. The molecule has 6 heteroatoms. The molecule has 32 heavy (non-hydrogen) atoms. The number of likely N-dealkylation sites (tertiary alicyclic amines) is 1. The number of piperidine rings is 1. The Kier molecular flexibility index (Phi) is 3.86. The van der Waals surface area contributed by atoms with E-state index in [0.717, 1.165) is 29.8 Å². The number of anilines is 1. The molecule has 2 N–H and O–H groups in total. The molecule has 3 heterocycles. The number of amides is 1. The van der Waals surface area contributed by atoms with E-state index in [1.807, 2.05) is 36.4 Å². The first-order chi connectivity index (χ1) is 15.6. The van der Waals surface area contributed by atoms with Crippen LogP contribution in [0.25, 0.3) is 0 Å². The third-order valence-electron chi connectivity index (χ3n) is 9.19. The van der Waals surface area contributed by atoms with Crippen LogP contribution in [-0.2, 0) is 26.3 Å². The van der Waals surface area contributed by atoms with Crippen molar-refractivity contribution in [3.8, 4) is 0 Å². The van der Waals surface area contributed by atoms with Gasteiger partial charge in [0.05, 0.1) is 19.3 Å². The maximum Gasteiger partial charge on any atom is 0.238 e. The van der Waals surface area contributed by atoms with Gasteiger partial charge in [0.15, 0.2) is 6.29 Å². The van der Waals surface area contributed by atoms with Crippen molar-refractivity contribution < 1.29 is 19.4 Å². The van der Waals surface area contributed by atoms with Crippen molar-refractivity contribution in [2.45, 2.75) is 36.9 Å². The van der Waals surface area contributed by atoms with E-state index in [2.05, 4.69) is 35.5 Å². The van der Waals surface area contributed by atoms with Gasteiger partial charge in [0.25, 0.3) is 0 Å². The first kappa shape index (κ1) is 19.2. The van der Waals surface area contributed by atoms with Crippen molar-refractivity contribution in [3.05, 3.63) is 65.7 Å². The number of hydrogen-bond donors (Lipinski definition) is 2. The van der Waals surface area contributed by atoms with Gasteiger partial charge in [-0.05, 0) is 36.6 Å². The molecule has 6 nitrogen and oxygen atoms in total. The minimum Gasteiger partial charge on any atom is -0.376 e. The standard InChI is InChI=1S/C26H28N2O4/c1-28-13-25(14-31-12-15-7-3-2-4-8-15)17-11-19-26(22(25)21(28)20(17)23(29)32-19)16-9-5-6-10-18(16)27-24(26)30/h2-10,17,19-23,29H,11-14H2,1H3,(H,27,30)/t17-,19-,20+,21-,22+,23?,25+,26+/m1/s1. The lowest BCUT2D eigenvalue weighted by Crippen LogP contribution is -2.64. The molecule has 0 aromatic heterocycles. The Hall–Kier alpha value is -2.25. The van der Waals surface area contributed by atoms with Crippen molar-refractivity contribution in [2.75, 3.05) is 25.5 Å². The molecule has 2 saturated carbocycles.